The Bertz CT molecular complexity index is 567. The van der Waals surface area contributed by atoms with E-state index in [1.54, 1.807) is 11.3 Å². The summed E-state index contributed by atoms with van der Waals surface area (Å²) in [5.41, 5.74) is 1.82. The molecule has 19 heavy (non-hydrogen) atoms. The molecule has 3 nitrogen and oxygen atoms in total. The molecule has 1 unspecified atom stereocenters. The molecule has 0 aromatic carbocycles. The maximum Gasteiger partial charge on any atom is 0.0938 e. The molecular formula is C13H16BrClN2OS. The predicted molar refractivity (Wildman–Crippen MR) is 83.0 cm³/mol. The minimum Gasteiger partial charge on any atom is -0.387 e. The summed E-state index contributed by atoms with van der Waals surface area (Å²) in [5.74, 6) is 0. The summed E-state index contributed by atoms with van der Waals surface area (Å²) in [6, 6.07) is 3.88. The fraction of sp³-hybridized carbons (Fsp3) is 0.462. The van der Waals surface area contributed by atoms with Gasteiger partial charge in [0.05, 0.1) is 26.3 Å². The number of thiophene rings is 1. The van der Waals surface area contributed by atoms with Gasteiger partial charge < -0.3 is 5.11 Å². The molecule has 0 aliphatic rings. The first-order chi connectivity index (χ1) is 9.06. The Morgan fingerprint density at radius 2 is 2.21 bits per heavy atom. The third-order valence-corrected chi connectivity index (χ3v) is 5.16. The van der Waals surface area contributed by atoms with Crippen molar-refractivity contribution in [3.63, 3.8) is 0 Å². The molecule has 2 aromatic rings. The maximum absolute atomic E-state index is 10.3. The molecule has 6 heteroatoms. The zero-order chi connectivity index (χ0) is 14.0. The fourth-order valence-electron chi connectivity index (χ4n) is 2.00. The Labute approximate surface area is 130 Å². The van der Waals surface area contributed by atoms with Gasteiger partial charge >= 0.3 is 0 Å². The Hall–Kier alpha value is -0.360. The second-order valence-electron chi connectivity index (χ2n) is 4.24. The lowest BCUT2D eigenvalue weighted by molar-refractivity contribution is 0.179. The number of hydrogen-bond acceptors (Lipinski definition) is 3. The molecule has 0 fully saturated rings. The maximum atomic E-state index is 10.3. The minimum absolute atomic E-state index is 0.493. The molecule has 104 valence electrons. The second-order valence-corrected chi connectivity index (χ2v) is 7.11. The number of aliphatic hydroxyl groups excluding tert-OH is 1. The van der Waals surface area contributed by atoms with Crippen molar-refractivity contribution in [1.82, 2.24) is 9.78 Å². The number of rotatable bonds is 5. The topological polar surface area (TPSA) is 38.0 Å². The van der Waals surface area contributed by atoms with Crippen molar-refractivity contribution in [3.05, 3.63) is 37.2 Å². The molecule has 0 saturated heterocycles. The van der Waals surface area contributed by atoms with E-state index in [0.29, 0.717) is 11.4 Å². The van der Waals surface area contributed by atoms with Gasteiger partial charge in [-0.25, -0.2) is 0 Å². The highest BCUT2D eigenvalue weighted by molar-refractivity contribution is 9.11. The Morgan fingerprint density at radius 3 is 2.74 bits per heavy atom. The normalized spacial score (nSPS) is 12.9. The molecule has 0 saturated carbocycles. The van der Waals surface area contributed by atoms with Gasteiger partial charge in [0.1, 0.15) is 0 Å². The van der Waals surface area contributed by atoms with Crippen molar-refractivity contribution in [1.29, 1.82) is 0 Å². The van der Waals surface area contributed by atoms with E-state index in [1.807, 2.05) is 30.7 Å². The monoisotopic (exact) mass is 362 g/mol. The summed E-state index contributed by atoms with van der Waals surface area (Å²) in [7, 11) is 0. The van der Waals surface area contributed by atoms with Gasteiger partial charge in [0.2, 0.25) is 0 Å². The quantitative estimate of drug-likeness (QED) is 0.863. The van der Waals surface area contributed by atoms with E-state index in [9.17, 15) is 5.11 Å². The Balaban J connectivity index is 2.25. The van der Waals surface area contributed by atoms with E-state index >= 15 is 0 Å². The van der Waals surface area contributed by atoms with Crippen LogP contribution in [0.1, 0.15) is 36.2 Å². The first-order valence-electron chi connectivity index (χ1n) is 6.24. The van der Waals surface area contributed by atoms with Crippen LogP contribution in [-0.2, 0) is 19.4 Å². The Morgan fingerprint density at radius 1 is 1.47 bits per heavy atom. The molecule has 1 N–H and O–H groups in total. The van der Waals surface area contributed by atoms with Crippen molar-refractivity contribution in [2.75, 3.05) is 0 Å². The summed E-state index contributed by atoms with van der Waals surface area (Å²) in [5, 5.41) is 15.5. The summed E-state index contributed by atoms with van der Waals surface area (Å²) in [4.78, 5) is 0.935. The molecule has 0 amide bonds. The van der Waals surface area contributed by atoms with Crippen LogP contribution in [0.2, 0.25) is 5.02 Å². The average Bonchev–Trinajstić information content (AvgIpc) is 2.95. The zero-order valence-electron chi connectivity index (χ0n) is 10.9. The van der Waals surface area contributed by atoms with Crippen LogP contribution in [0, 0.1) is 0 Å². The summed E-state index contributed by atoms with van der Waals surface area (Å²) >= 11 is 11.3. The largest absolute Gasteiger partial charge is 0.387 e. The van der Waals surface area contributed by atoms with Crippen LogP contribution >= 0.6 is 38.9 Å². The van der Waals surface area contributed by atoms with Crippen LogP contribution in [-0.4, -0.2) is 14.9 Å². The molecular weight excluding hydrogens is 348 g/mol. The summed E-state index contributed by atoms with van der Waals surface area (Å²) in [6.07, 6.45) is 0.757. The van der Waals surface area contributed by atoms with Crippen LogP contribution in [0.15, 0.2) is 15.9 Å². The number of aromatic nitrogens is 2. The lowest BCUT2D eigenvalue weighted by Crippen LogP contribution is -2.08. The molecule has 2 rings (SSSR count). The van der Waals surface area contributed by atoms with Gasteiger partial charge in [-0.2, -0.15) is 5.10 Å². The number of hydrogen-bond donors (Lipinski definition) is 1. The number of aryl methyl sites for hydroxylation is 2. The van der Waals surface area contributed by atoms with Gasteiger partial charge in [-0.3, -0.25) is 4.68 Å². The molecule has 0 aliphatic carbocycles. The molecule has 2 aromatic heterocycles. The molecule has 0 spiro atoms. The summed E-state index contributed by atoms with van der Waals surface area (Å²) in [6.45, 7) is 4.82. The molecule has 0 radical (unpaired) electrons. The van der Waals surface area contributed by atoms with Crippen molar-refractivity contribution in [3.8, 4) is 0 Å². The van der Waals surface area contributed by atoms with Gasteiger partial charge in [0, 0.05) is 17.8 Å². The zero-order valence-corrected chi connectivity index (χ0v) is 14.0. The van der Waals surface area contributed by atoms with E-state index in [4.69, 9.17) is 11.6 Å². The molecule has 0 aliphatic heterocycles. The van der Waals surface area contributed by atoms with Crippen LogP contribution in [0.25, 0.3) is 0 Å². The van der Waals surface area contributed by atoms with Crippen molar-refractivity contribution < 1.29 is 5.11 Å². The van der Waals surface area contributed by atoms with Crippen molar-refractivity contribution >= 4 is 38.9 Å². The van der Waals surface area contributed by atoms with Gasteiger partial charge in [0.15, 0.2) is 0 Å². The third kappa shape index (κ3) is 3.21. The number of halogens is 2. The van der Waals surface area contributed by atoms with E-state index < -0.39 is 6.10 Å². The minimum atomic E-state index is -0.541. The highest BCUT2D eigenvalue weighted by Crippen LogP contribution is 2.31. The predicted octanol–water partition coefficient (Wildman–Crippen LogP) is 4.22. The standard InChI is InChI=1S/C13H16BrClN2OS/c1-3-8-13(15)9(17(4-2)16-8)7-10(18)11-5-6-12(14)19-11/h5-6,10,18H,3-4,7H2,1-2H3. The first kappa shape index (κ1) is 15.0. The molecule has 1 atom stereocenters. The van der Waals surface area contributed by atoms with Crippen LogP contribution in [0.5, 0.6) is 0 Å². The van der Waals surface area contributed by atoms with E-state index in [1.165, 1.54) is 0 Å². The van der Waals surface area contributed by atoms with Crippen LogP contribution < -0.4 is 0 Å². The smallest absolute Gasteiger partial charge is 0.0938 e. The molecule has 0 bridgehead atoms. The second kappa shape index (κ2) is 6.39. The van der Waals surface area contributed by atoms with Gasteiger partial charge in [0.25, 0.3) is 0 Å². The van der Waals surface area contributed by atoms with Gasteiger partial charge in [-0.05, 0) is 41.4 Å². The number of aliphatic hydroxyl groups is 1. The van der Waals surface area contributed by atoms with E-state index in [0.717, 1.165) is 33.0 Å². The van der Waals surface area contributed by atoms with Crippen LogP contribution in [0.4, 0.5) is 0 Å². The lowest BCUT2D eigenvalue weighted by Gasteiger charge is -2.10. The lowest BCUT2D eigenvalue weighted by atomic mass is 10.1. The van der Waals surface area contributed by atoms with Crippen LogP contribution in [0.3, 0.4) is 0 Å². The molecule has 2 heterocycles. The first-order valence-corrected chi connectivity index (χ1v) is 8.22. The van der Waals surface area contributed by atoms with Gasteiger partial charge in [-0.15, -0.1) is 11.3 Å². The van der Waals surface area contributed by atoms with E-state index in [-0.39, 0.29) is 0 Å². The highest BCUT2D eigenvalue weighted by atomic mass is 79.9. The summed E-state index contributed by atoms with van der Waals surface area (Å²) < 4.78 is 2.90. The number of nitrogens with zero attached hydrogens (tertiary/aromatic N) is 2. The van der Waals surface area contributed by atoms with E-state index in [2.05, 4.69) is 21.0 Å². The SMILES string of the molecule is CCc1nn(CC)c(CC(O)c2ccc(Br)s2)c1Cl. The third-order valence-electron chi connectivity index (χ3n) is 3.00. The average molecular weight is 364 g/mol. The van der Waals surface area contributed by atoms with Gasteiger partial charge in [-0.1, -0.05) is 18.5 Å². The Kier molecular flexibility index (Phi) is 5.06. The highest BCUT2D eigenvalue weighted by Gasteiger charge is 2.19. The van der Waals surface area contributed by atoms with Crippen molar-refractivity contribution in [2.24, 2.45) is 0 Å². The fourth-order valence-corrected chi connectivity index (χ4v) is 3.76. The van der Waals surface area contributed by atoms with Crippen molar-refractivity contribution in [2.45, 2.75) is 39.3 Å².